The molecular weight excluding hydrogens is 608 g/mol. The van der Waals surface area contributed by atoms with E-state index in [0.29, 0.717) is 0 Å². The third kappa shape index (κ3) is 8.82. The van der Waals surface area contributed by atoms with Crippen LogP contribution in [0.3, 0.4) is 0 Å². The zero-order valence-electron chi connectivity index (χ0n) is 22.8. The van der Waals surface area contributed by atoms with E-state index < -0.39 is 0 Å². The highest BCUT2D eigenvalue weighted by Crippen LogP contribution is 2.43. The molecule has 0 aliphatic carbocycles. The number of aryl methyl sites for hydroxylation is 4. The summed E-state index contributed by atoms with van der Waals surface area (Å²) in [5, 5.41) is 0. The van der Waals surface area contributed by atoms with Crippen LogP contribution in [-0.4, -0.2) is 0 Å². The molecule has 0 nitrogen and oxygen atoms in total. The molecule has 36 heavy (non-hydrogen) atoms. The van der Waals surface area contributed by atoms with Gasteiger partial charge in [0, 0.05) is 9.75 Å². The average Bonchev–Trinajstić information content (AvgIpc) is 3.41. The Morgan fingerprint density at radius 1 is 0.528 bits per heavy atom. The minimum Gasteiger partial charge on any atom is -0.128 e. The van der Waals surface area contributed by atoms with Gasteiger partial charge >= 0.3 is 0 Å². The first kappa shape index (κ1) is 30.1. The zero-order chi connectivity index (χ0) is 25.9. The van der Waals surface area contributed by atoms with E-state index in [0.717, 1.165) is 0 Å². The van der Waals surface area contributed by atoms with Crippen LogP contribution in [0.4, 0.5) is 0 Å². The second-order valence-electron chi connectivity index (χ2n) is 10.3. The molecule has 0 fully saturated rings. The SMILES string of the molecule is CCCCCCCCc1cc(Br)sc1-c1cc(C)c(-c2sc(Br)cc2CCCCCCCC)cc1C. The van der Waals surface area contributed by atoms with Gasteiger partial charge in [0.15, 0.2) is 0 Å². The van der Waals surface area contributed by atoms with Crippen molar-refractivity contribution in [2.45, 2.75) is 118 Å². The number of hydrogen-bond donors (Lipinski definition) is 0. The molecule has 3 rings (SSSR count). The van der Waals surface area contributed by atoms with Gasteiger partial charge in [-0.3, -0.25) is 0 Å². The Bertz CT molecular complexity index is 990. The van der Waals surface area contributed by atoms with Crippen LogP contribution in [0.2, 0.25) is 0 Å². The van der Waals surface area contributed by atoms with E-state index in [2.05, 4.69) is 83.8 Å². The van der Waals surface area contributed by atoms with E-state index in [1.807, 2.05) is 22.7 Å². The molecule has 0 N–H and O–H groups in total. The fraction of sp³-hybridized carbons (Fsp3) is 0.562. The Morgan fingerprint density at radius 3 is 1.28 bits per heavy atom. The Balaban J connectivity index is 1.75. The maximum absolute atomic E-state index is 3.79. The van der Waals surface area contributed by atoms with Gasteiger partial charge in [0.2, 0.25) is 0 Å². The van der Waals surface area contributed by atoms with Crippen LogP contribution in [-0.2, 0) is 12.8 Å². The quantitative estimate of drug-likeness (QED) is 0.135. The molecule has 0 atom stereocenters. The number of benzene rings is 1. The van der Waals surface area contributed by atoms with Crippen molar-refractivity contribution < 1.29 is 0 Å². The summed E-state index contributed by atoms with van der Waals surface area (Å²) in [5.41, 5.74) is 8.65. The predicted octanol–water partition coefficient (Wildman–Crippen LogP) is 13.1. The summed E-state index contributed by atoms with van der Waals surface area (Å²) in [5.74, 6) is 0. The summed E-state index contributed by atoms with van der Waals surface area (Å²) in [4.78, 5) is 2.92. The highest BCUT2D eigenvalue weighted by Gasteiger charge is 2.17. The number of thiophene rings is 2. The molecule has 0 unspecified atom stereocenters. The first-order valence-electron chi connectivity index (χ1n) is 14.1. The molecule has 0 saturated heterocycles. The van der Waals surface area contributed by atoms with Gasteiger partial charge in [0.05, 0.1) is 7.57 Å². The van der Waals surface area contributed by atoms with E-state index in [9.17, 15) is 0 Å². The fourth-order valence-electron chi connectivity index (χ4n) is 5.11. The van der Waals surface area contributed by atoms with Crippen LogP contribution in [0.25, 0.3) is 20.9 Å². The van der Waals surface area contributed by atoms with Gasteiger partial charge in [-0.1, -0.05) is 78.1 Å². The normalized spacial score (nSPS) is 11.5. The molecule has 0 amide bonds. The summed E-state index contributed by atoms with van der Waals surface area (Å²) in [6, 6.07) is 9.64. The van der Waals surface area contributed by atoms with Gasteiger partial charge in [-0.25, -0.2) is 0 Å². The molecule has 0 saturated carbocycles. The lowest BCUT2D eigenvalue weighted by Crippen LogP contribution is -1.93. The maximum Gasteiger partial charge on any atom is 0.0707 e. The van der Waals surface area contributed by atoms with E-state index in [1.165, 1.54) is 141 Å². The Labute approximate surface area is 245 Å². The van der Waals surface area contributed by atoms with Crippen LogP contribution in [0.5, 0.6) is 0 Å². The van der Waals surface area contributed by atoms with E-state index in [-0.39, 0.29) is 0 Å². The molecule has 0 spiro atoms. The third-order valence-electron chi connectivity index (χ3n) is 7.22. The lowest BCUT2D eigenvalue weighted by Gasteiger charge is -2.14. The van der Waals surface area contributed by atoms with Gasteiger partial charge in [0.1, 0.15) is 0 Å². The van der Waals surface area contributed by atoms with E-state index in [4.69, 9.17) is 0 Å². The topological polar surface area (TPSA) is 0 Å². The second-order valence-corrected chi connectivity index (χ2v) is 15.2. The highest BCUT2D eigenvalue weighted by atomic mass is 79.9. The molecule has 2 heterocycles. The lowest BCUT2D eigenvalue weighted by molar-refractivity contribution is 0.608. The molecule has 0 bridgehead atoms. The second kappa shape index (κ2) is 15.9. The number of unbranched alkanes of at least 4 members (excludes halogenated alkanes) is 10. The highest BCUT2D eigenvalue weighted by molar-refractivity contribution is 9.11. The van der Waals surface area contributed by atoms with E-state index in [1.54, 1.807) is 0 Å². The minimum absolute atomic E-state index is 1.18. The van der Waals surface area contributed by atoms with Gasteiger partial charge in [-0.15, -0.1) is 22.7 Å². The molecular formula is C32H44Br2S2. The third-order valence-corrected chi connectivity index (χ3v) is 10.6. The summed E-state index contributed by atoms with van der Waals surface area (Å²) < 4.78 is 2.51. The smallest absolute Gasteiger partial charge is 0.0707 e. The van der Waals surface area contributed by atoms with Gasteiger partial charge in [-0.2, -0.15) is 0 Å². The van der Waals surface area contributed by atoms with Crippen molar-refractivity contribution >= 4 is 54.5 Å². The fourth-order valence-corrected chi connectivity index (χ4v) is 8.67. The number of hydrogen-bond acceptors (Lipinski definition) is 2. The predicted molar refractivity (Wildman–Crippen MR) is 172 cm³/mol. The largest absolute Gasteiger partial charge is 0.128 e. The van der Waals surface area contributed by atoms with Gasteiger partial charge < -0.3 is 0 Å². The summed E-state index contributed by atoms with van der Waals surface area (Å²) >= 11 is 11.4. The van der Waals surface area contributed by atoms with Crippen LogP contribution in [0, 0.1) is 13.8 Å². The lowest BCUT2D eigenvalue weighted by atomic mass is 9.94. The first-order valence-corrected chi connectivity index (χ1v) is 17.3. The molecule has 198 valence electrons. The van der Waals surface area contributed by atoms with Crippen molar-refractivity contribution in [3.63, 3.8) is 0 Å². The molecule has 0 aliphatic rings. The molecule has 0 radical (unpaired) electrons. The maximum atomic E-state index is 3.79. The standard InChI is InChI=1S/C32H44Br2S2/c1-5-7-9-11-13-15-17-25-21-29(33)35-31(25)27-19-24(4)28(20-23(27)3)32-26(22-30(34)36-32)18-16-14-12-10-8-6-2/h19-22H,5-18H2,1-4H3. The summed E-state index contributed by atoms with van der Waals surface area (Å²) in [7, 11) is 0. The van der Waals surface area contributed by atoms with Crippen LogP contribution >= 0.6 is 54.5 Å². The molecule has 2 aromatic heterocycles. The van der Waals surface area contributed by atoms with Crippen molar-refractivity contribution in [2.24, 2.45) is 0 Å². The summed E-state index contributed by atoms with van der Waals surface area (Å²) in [6.45, 7) is 9.18. The van der Waals surface area contributed by atoms with Gasteiger partial charge in [-0.05, 0) is 129 Å². The van der Waals surface area contributed by atoms with Crippen molar-refractivity contribution in [3.8, 4) is 20.9 Å². The average molecular weight is 653 g/mol. The van der Waals surface area contributed by atoms with Crippen molar-refractivity contribution in [1.29, 1.82) is 0 Å². The summed E-state index contributed by atoms with van der Waals surface area (Å²) in [6.07, 6.45) is 18.6. The molecule has 3 aromatic rings. The molecule has 4 heteroatoms. The Kier molecular flexibility index (Phi) is 13.3. The van der Waals surface area contributed by atoms with E-state index >= 15 is 0 Å². The number of rotatable bonds is 16. The van der Waals surface area contributed by atoms with Crippen molar-refractivity contribution in [1.82, 2.24) is 0 Å². The zero-order valence-corrected chi connectivity index (χ0v) is 27.6. The monoisotopic (exact) mass is 650 g/mol. The Morgan fingerprint density at radius 2 is 0.889 bits per heavy atom. The van der Waals surface area contributed by atoms with Crippen LogP contribution in [0.1, 0.15) is 113 Å². The van der Waals surface area contributed by atoms with Crippen molar-refractivity contribution in [2.75, 3.05) is 0 Å². The van der Waals surface area contributed by atoms with Crippen LogP contribution < -0.4 is 0 Å². The van der Waals surface area contributed by atoms with Crippen molar-refractivity contribution in [3.05, 3.63) is 54.1 Å². The minimum atomic E-state index is 1.18. The Hall–Kier alpha value is -0.420. The van der Waals surface area contributed by atoms with Gasteiger partial charge in [0.25, 0.3) is 0 Å². The first-order chi connectivity index (χ1) is 17.4. The molecule has 0 aliphatic heterocycles. The number of halogens is 2. The van der Waals surface area contributed by atoms with Crippen LogP contribution in [0.15, 0.2) is 31.8 Å². The molecule has 1 aromatic carbocycles.